The molecule has 0 unspecified atom stereocenters. The fourth-order valence-corrected chi connectivity index (χ4v) is 3.31. The van der Waals surface area contributed by atoms with E-state index in [1.807, 2.05) is 25.1 Å². The number of esters is 1. The first kappa shape index (κ1) is 19.9. The van der Waals surface area contributed by atoms with E-state index in [-0.39, 0.29) is 36.7 Å². The van der Waals surface area contributed by atoms with E-state index in [0.29, 0.717) is 43.7 Å². The number of carbonyl (C=O) groups is 3. The Morgan fingerprint density at radius 2 is 1.93 bits per heavy atom. The van der Waals surface area contributed by atoms with Crippen molar-refractivity contribution < 1.29 is 28.3 Å². The summed E-state index contributed by atoms with van der Waals surface area (Å²) in [6.07, 6.45) is 1.05. The van der Waals surface area contributed by atoms with Gasteiger partial charge in [-0.1, -0.05) is 18.2 Å². The van der Waals surface area contributed by atoms with Gasteiger partial charge in [0.1, 0.15) is 5.58 Å². The molecule has 8 nitrogen and oxygen atoms in total. The van der Waals surface area contributed by atoms with Gasteiger partial charge in [-0.3, -0.25) is 9.59 Å². The Morgan fingerprint density at radius 3 is 2.61 bits per heavy atom. The van der Waals surface area contributed by atoms with Crippen molar-refractivity contribution in [2.75, 3.05) is 26.3 Å². The van der Waals surface area contributed by atoms with E-state index in [9.17, 15) is 14.4 Å². The fraction of sp³-hybridized carbons (Fsp3) is 0.450. The molecular weight excluding hydrogens is 364 g/mol. The summed E-state index contributed by atoms with van der Waals surface area (Å²) in [6, 6.07) is 7.26. The topological polar surface area (TPSA) is 112 Å². The first-order chi connectivity index (χ1) is 13.5. The maximum absolute atomic E-state index is 12.5. The third-order valence-electron chi connectivity index (χ3n) is 4.91. The molecule has 8 heteroatoms. The quantitative estimate of drug-likeness (QED) is 0.725. The van der Waals surface area contributed by atoms with Crippen LogP contribution < -0.4 is 5.73 Å². The highest BCUT2D eigenvalue weighted by Gasteiger charge is 2.27. The summed E-state index contributed by atoms with van der Waals surface area (Å²) >= 11 is 0. The van der Waals surface area contributed by atoms with Crippen LogP contribution in [0.2, 0.25) is 0 Å². The molecule has 0 bridgehead atoms. The van der Waals surface area contributed by atoms with Crippen molar-refractivity contribution >= 4 is 28.8 Å². The lowest BCUT2D eigenvalue weighted by molar-refractivity contribution is -0.137. The summed E-state index contributed by atoms with van der Waals surface area (Å²) in [4.78, 5) is 37.6. The summed E-state index contributed by atoms with van der Waals surface area (Å²) in [5.74, 6) is -1.51. The Kier molecular flexibility index (Phi) is 6.30. The highest BCUT2D eigenvalue weighted by molar-refractivity contribution is 5.96. The monoisotopic (exact) mass is 388 g/mol. The van der Waals surface area contributed by atoms with Gasteiger partial charge in [0.15, 0.2) is 6.61 Å². The first-order valence-corrected chi connectivity index (χ1v) is 9.33. The number of ether oxygens (including phenoxy) is 2. The zero-order valence-electron chi connectivity index (χ0n) is 15.8. The summed E-state index contributed by atoms with van der Waals surface area (Å²) in [5.41, 5.74) is 6.47. The number of hydrogen-bond donors (Lipinski definition) is 1. The number of furan rings is 1. The minimum absolute atomic E-state index is 0.0508. The molecule has 0 saturated carbocycles. The molecule has 1 fully saturated rings. The van der Waals surface area contributed by atoms with Gasteiger partial charge in [-0.25, -0.2) is 4.79 Å². The second-order valence-electron chi connectivity index (χ2n) is 6.68. The van der Waals surface area contributed by atoms with Gasteiger partial charge in [-0.2, -0.15) is 0 Å². The summed E-state index contributed by atoms with van der Waals surface area (Å²) < 4.78 is 16.3. The Balaban J connectivity index is 1.63. The van der Waals surface area contributed by atoms with Gasteiger partial charge in [-0.15, -0.1) is 0 Å². The van der Waals surface area contributed by atoms with E-state index < -0.39 is 5.97 Å². The molecule has 2 amide bonds. The van der Waals surface area contributed by atoms with Crippen LogP contribution in [0.5, 0.6) is 0 Å². The van der Waals surface area contributed by atoms with E-state index in [1.165, 1.54) is 0 Å². The highest BCUT2D eigenvalue weighted by Crippen LogP contribution is 2.27. The number of fused-ring (bicyclic) bond motifs is 1. The third kappa shape index (κ3) is 4.33. The van der Waals surface area contributed by atoms with Crippen LogP contribution in [0.15, 0.2) is 28.7 Å². The Morgan fingerprint density at radius 1 is 1.21 bits per heavy atom. The summed E-state index contributed by atoms with van der Waals surface area (Å²) in [7, 11) is 0. The molecule has 3 rings (SSSR count). The van der Waals surface area contributed by atoms with Gasteiger partial charge in [0.05, 0.1) is 6.61 Å². The molecule has 28 heavy (non-hydrogen) atoms. The van der Waals surface area contributed by atoms with Crippen LogP contribution in [0.3, 0.4) is 0 Å². The first-order valence-electron chi connectivity index (χ1n) is 9.33. The number of likely N-dealkylation sites (tertiary alicyclic amines) is 1. The number of piperidine rings is 1. The number of carbonyl (C=O) groups excluding carboxylic acids is 3. The number of amides is 2. The van der Waals surface area contributed by atoms with Crippen LogP contribution in [0.25, 0.3) is 11.0 Å². The minimum Gasteiger partial charge on any atom is -0.450 e. The molecule has 2 heterocycles. The number of hydrogen-bond acceptors (Lipinski definition) is 6. The average Bonchev–Trinajstić information content (AvgIpc) is 3.09. The van der Waals surface area contributed by atoms with Crippen LogP contribution in [0.1, 0.15) is 35.9 Å². The maximum atomic E-state index is 12.5. The highest BCUT2D eigenvalue weighted by atomic mass is 16.5. The van der Waals surface area contributed by atoms with Crippen molar-refractivity contribution in [1.29, 1.82) is 0 Å². The van der Waals surface area contributed by atoms with Gasteiger partial charge in [-0.05, 0) is 25.8 Å². The number of nitrogens with zero attached hydrogens (tertiary/aromatic N) is 1. The Labute approximate surface area is 162 Å². The molecule has 0 radical (unpaired) electrons. The predicted molar refractivity (Wildman–Crippen MR) is 100 cm³/mol. The number of primary amides is 1. The van der Waals surface area contributed by atoms with Crippen molar-refractivity contribution in [1.82, 2.24) is 4.90 Å². The van der Waals surface area contributed by atoms with Crippen molar-refractivity contribution in [3.05, 3.63) is 35.6 Å². The van der Waals surface area contributed by atoms with E-state index in [2.05, 4.69) is 0 Å². The van der Waals surface area contributed by atoms with Crippen molar-refractivity contribution in [2.45, 2.75) is 26.4 Å². The average molecular weight is 388 g/mol. The smallest absolute Gasteiger partial charge is 0.375 e. The molecule has 0 spiro atoms. The Bertz CT molecular complexity index is 867. The van der Waals surface area contributed by atoms with Crippen LogP contribution in [-0.4, -0.2) is 49.0 Å². The van der Waals surface area contributed by atoms with Crippen LogP contribution in [0.4, 0.5) is 0 Å². The zero-order chi connectivity index (χ0) is 20.1. The van der Waals surface area contributed by atoms with E-state index in [1.54, 1.807) is 11.0 Å². The molecular formula is C20H24N2O6. The molecule has 1 aromatic carbocycles. The lowest BCUT2D eigenvalue weighted by Crippen LogP contribution is -2.43. The van der Waals surface area contributed by atoms with E-state index >= 15 is 0 Å². The molecule has 0 aliphatic carbocycles. The maximum Gasteiger partial charge on any atom is 0.375 e. The van der Waals surface area contributed by atoms with E-state index in [0.717, 1.165) is 5.39 Å². The van der Waals surface area contributed by atoms with Crippen molar-refractivity contribution in [2.24, 2.45) is 11.7 Å². The molecule has 1 aliphatic heterocycles. The largest absolute Gasteiger partial charge is 0.450 e. The lowest BCUT2D eigenvalue weighted by Gasteiger charge is -2.30. The molecule has 150 valence electrons. The normalized spacial score (nSPS) is 15.0. The number of benzene rings is 1. The van der Waals surface area contributed by atoms with Crippen LogP contribution in [-0.2, 0) is 25.7 Å². The van der Waals surface area contributed by atoms with Crippen LogP contribution >= 0.6 is 0 Å². The summed E-state index contributed by atoms with van der Waals surface area (Å²) in [6.45, 7) is 3.03. The number of rotatable bonds is 7. The van der Waals surface area contributed by atoms with Gasteiger partial charge in [0.25, 0.3) is 5.91 Å². The third-order valence-corrected chi connectivity index (χ3v) is 4.91. The molecule has 1 saturated heterocycles. The van der Waals surface area contributed by atoms with Crippen LogP contribution in [0, 0.1) is 5.92 Å². The minimum atomic E-state index is -0.703. The molecule has 2 aromatic rings. The molecule has 1 aliphatic rings. The van der Waals surface area contributed by atoms with Crippen molar-refractivity contribution in [3.63, 3.8) is 0 Å². The van der Waals surface area contributed by atoms with E-state index in [4.69, 9.17) is 19.6 Å². The fourth-order valence-electron chi connectivity index (χ4n) is 3.31. The molecule has 1 aromatic heterocycles. The van der Waals surface area contributed by atoms with Gasteiger partial charge in [0.2, 0.25) is 11.7 Å². The van der Waals surface area contributed by atoms with Crippen molar-refractivity contribution in [3.8, 4) is 0 Å². The lowest BCUT2D eigenvalue weighted by atomic mass is 9.96. The molecule has 0 atom stereocenters. The standard InChI is InChI=1S/C20H24N2O6/c1-2-26-11-15-14-5-3-4-6-16(14)28-18(15)20(25)27-12-17(23)22-9-7-13(8-10-22)19(21)24/h3-6,13H,2,7-12H2,1H3,(H2,21,24). The van der Waals surface area contributed by atoms with Gasteiger partial charge < -0.3 is 24.5 Å². The summed E-state index contributed by atoms with van der Waals surface area (Å²) in [5, 5.41) is 0.780. The van der Waals surface area contributed by atoms with Gasteiger partial charge in [0, 0.05) is 36.6 Å². The SMILES string of the molecule is CCOCc1c(C(=O)OCC(=O)N2CCC(C(N)=O)CC2)oc2ccccc12. The second-order valence-corrected chi connectivity index (χ2v) is 6.68. The molecule has 2 N–H and O–H groups in total. The second kappa shape index (κ2) is 8.88. The predicted octanol–water partition coefficient (Wildman–Crippen LogP) is 1.85. The van der Waals surface area contributed by atoms with Gasteiger partial charge >= 0.3 is 5.97 Å². The zero-order valence-corrected chi connectivity index (χ0v) is 15.8. The number of para-hydroxylation sites is 1. The Hall–Kier alpha value is -2.87. The number of nitrogens with two attached hydrogens (primary N) is 1.